The molecule has 7 nitrogen and oxygen atoms in total. The monoisotopic (exact) mass is 349 g/mol. The van der Waals surface area contributed by atoms with E-state index in [2.05, 4.69) is 41.0 Å². The minimum absolute atomic E-state index is 0.0391. The molecule has 1 aliphatic rings. The molecule has 0 spiro atoms. The molecule has 0 saturated carbocycles. The van der Waals surface area contributed by atoms with E-state index in [4.69, 9.17) is 4.42 Å². The van der Waals surface area contributed by atoms with Crippen LogP contribution in [0.3, 0.4) is 0 Å². The number of nitrogens with one attached hydrogen (secondary N) is 1. The summed E-state index contributed by atoms with van der Waals surface area (Å²) in [6, 6.07) is 4.04. The van der Waals surface area contributed by atoms with Crippen LogP contribution in [0.4, 0.5) is 0 Å². The van der Waals surface area contributed by atoms with Gasteiger partial charge in [-0.3, -0.25) is 9.79 Å². The molecule has 1 aromatic heterocycles. The van der Waals surface area contributed by atoms with E-state index in [0.29, 0.717) is 24.9 Å². The molecule has 1 aliphatic heterocycles. The van der Waals surface area contributed by atoms with Crippen molar-refractivity contribution in [1.82, 2.24) is 20.0 Å². The Morgan fingerprint density at radius 3 is 2.60 bits per heavy atom. The summed E-state index contributed by atoms with van der Waals surface area (Å²) in [5, 5.41) is 3.43. The van der Waals surface area contributed by atoms with Crippen molar-refractivity contribution in [2.45, 2.75) is 26.3 Å². The molecule has 0 aromatic carbocycles. The maximum Gasteiger partial charge on any atom is 0.289 e. The Morgan fingerprint density at radius 1 is 1.36 bits per heavy atom. The van der Waals surface area contributed by atoms with Crippen LogP contribution in [-0.4, -0.2) is 86.0 Å². The Balaban J connectivity index is 1.77. The number of rotatable bonds is 6. The Labute approximate surface area is 150 Å². The van der Waals surface area contributed by atoms with E-state index in [9.17, 15) is 4.79 Å². The van der Waals surface area contributed by atoms with Crippen molar-refractivity contribution in [1.29, 1.82) is 0 Å². The van der Waals surface area contributed by atoms with Crippen molar-refractivity contribution in [3.05, 3.63) is 24.2 Å². The fourth-order valence-electron chi connectivity index (χ4n) is 2.89. The molecule has 0 bridgehead atoms. The van der Waals surface area contributed by atoms with Crippen molar-refractivity contribution in [2.75, 3.05) is 53.4 Å². The third kappa shape index (κ3) is 5.22. The van der Waals surface area contributed by atoms with Gasteiger partial charge in [-0.05, 0) is 32.5 Å². The number of aliphatic imine (C=N–C) groups is 1. The topological polar surface area (TPSA) is 64.3 Å². The quantitative estimate of drug-likeness (QED) is 0.620. The number of nitrogens with zero attached hydrogens (tertiary/aromatic N) is 4. The second-order valence-electron chi connectivity index (χ2n) is 6.47. The first-order chi connectivity index (χ1) is 12.1. The standard InChI is InChI=1S/C18H31N5O2/c1-5-15(2)21(4)9-8-20-18(19-3)23-12-10-22(11-13-23)17(24)16-7-6-14-25-16/h6-7,14-15H,5,8-13H2,1-4H3,(H,19,20). The molecular formula is C18H31N5O2. The average molecular weight is 349 g/mol. The average Bonchev–Trinajstić information content (AvgIpc) is 3.18. The minimum Gasteiger partial charge on any atom is -0.459 e. The number of likely N-dealkylation sites (N-methyl/N-ethyl adjacent to an activating group) is 1. The van der Waals surface area contributed by atoms with Crippen molar-refractivity contribution in [3.8, 4) is 0 Å². The molecule has 1 saturated heterocycles. The van der Waals surface area contributed by atoms with Crippen molar-refractivity contribution in [2.24, 2.45) is 4.99 Å². The molecule has 1 N–H and O–H groups in total. The fraction of sp³-hybridized carbons (Fsp3) is 0.667. The van der Waals surface area contributed by atoms with E-state index < -0.39 is 0 Å². The number of carbonyl (C=O) groups excluding carboxylic acids is 1. The maximum atomic E-state index is 12.3. The molecule has 2 heterocycles. The third-order valence-electron chi connectivity index (χ3n) is 4.90. The Kier molecular flexibility index (Phi) is 7.31. The molecule has 1 atom stereocenters. The predicted molar refractivity (Wildman–Crippen MR) is 99.9 cm³/mol. The van der Waals surface area contributed by atoms with Crippen LogP contribution < -0.4 is 5.32 Å². The molecule has 1 aromatic rings. The van der Waals surface area contributed by atoms with Gasteiger partial charge in [0.2, 0.25) is 0 Å². The van der Waals surface area contributed by atoms with Crippen molar-refractivity contribution < 1.29 is 9.21 Å². The van der Waals surface area contributed by atoms with Gasteiger partial charge < -0.3 is 24.4 Å². The summed E-state index contributed by atoms with van der Waals surface area (Å²) in [5.74, 6) is 1.27. The first-order valence-corrected chi connectivity index (χ1v) is 9.05. The Bertz CT molecular complexity index is 550. The zero-order valence-electron chi connectivity index (χ0n) is 15.9. The molecule has 0 radical (unpaired) electrons. The second kappa shape index (κ2) is 9.46. The highest BCUT2D eigenvalue weighted by Gasteiger charge is 2.25. The molecule has 7 heteroatoms. The van der Waals surface area contributed by atoms with E-state index in [1.54, 1.807) is 19.2 Å². The zero-order valence-corrected chi connectivity index (χ0v) is 15.9. The number of hydrogen-bond donors (Lipinski definition) is 1. The predicted octanol–water partition coefficient (Wildman–Crippen LogP) is 1.34. The van der Waals surface area contributed by atoms with E-state index in [0.717, 1.165) is 38.6 Å². The van der Waals surface area contributed by atoms with Crippen LogP contribution in [0.1, 0.15) is 30.8 Å². The van der Waals surface area contributed by atoms with Gasteiger partial charge in [-0.2, -0.15) is 0 Å². The molecule has 1 amide bonds. The Morgan fingerprint density at radius 2 is 2.04 bits per heavy atom. The number of hydrogen-bond acceptors (Lipinski definition) is 4. The van der Waals surface area contributed by atoms with Crippen LogP contribution in [0.2, 0.25) is 0 Å². The van der Waals surface area contributed by atoms with Crippen molar-refractivity contribution >= 4 is 11.9 Å². The lowest BCUT2D eigenvalue weighted by Crippen LogP contribution is -2.54. The SMILES string of the molecule is CCC(C)N(C)CCNC(=NC)N1CCN(C(=O)c2ccco2)CC1. The van der Waals surface area contributed by atoms with Crippen LogP contribution in [-0.2, 0) is 0 Å². The first-order valence-electron chi connectivity index (χ1n) is 9.05. The summed E-state index contributed by atoms with van der Waals surface area (Å²) in [4.78, 5) is 23.1. The molecule has 140 valence electrons. The highest BCUT2D eigenvalue weighted by molar-refractivity contribution is 5.91. The summed E-state index contributed by atoms with van der Waals surface area (Å²) in [6.07, 6.45) is 2.68. The van der Waals surface area contributed by atoms with Gasteiger partial charge in [-0.1, -0.05) is 6.92 Å². The lowest BCUT2D eigenvalue weighted by Gasteiger charge is -2.36. The molecule has 1 fully saturated rings. The molecule has 1 unspecified atom stereocenters. The zero-order chi connectivity index (χ0) is 18.2. The molecule has 25 heavy (non-hydrogen) atoms. The second-order valence-corrected chi connectivity index (χ2v) is 6.47. The van der Waals surface area contributed by atoms with Gasteiger partial charge in [-0.15, -0.1) is 0 Å². The number of carbonyl (C=O) groups is 1. The summed E-state index contributed by atoms with van der Waals surface area (Å²) in [5.41, 5.74) is 0. The lowest BCUT2D eigenvalue weighted by molar-refractivity contribution is 0.0657. The van der Waals surface area contributed by atoms with E-state index in [1.807, 2.05) is 4.90 Å². The normalized spacial score (nSPS) is 17.1. The van der Waals surface area contributed by atoms with E-state index in [-0.39, 0.29) is 5.91 Å². The van der Waals surface area contributed by atoms with E-state index in [1.165, 1.54) is 6.26 Å². The number of piperazine rings is 1. The smallest absolute Gasteiger partial charge is 0.289 e. The van der Waals surface area contributed by atoms with Crippen LogP contribution in [0.5, 0.6) is 0 Å². The van der Waals surface area contributed by atoms with Gasteiger partial charge in [-0.25, -0.2) is 0 Å². The lowest BCUT2D eigenvalue weighted by atomic mass is 10.2. The Hall–Kier alpha value is -2.02. The molecule has 0 aliphatic carbocycles. The summed E-state index contributed by atoms with van der Waals surface area (Å²) in [7, 11) is 3.96. The summed E-state index contributed by atoms with van der Waals surface area (Å²) >= 11 is 0. The van der Waals surface area contributed by atoms with Gasteiger partial charge in [0.25, 0.3) is 5.91 Å². The highest BCUT2D eigenvalue weighted by Crippen LogP contribution is 2.09. The summed E-state index contributed by atoms with van der Waals surface area (Å²) in [6.45, 7) is 9.17. The van der Waals surface area contributed by atoms with Gasteiger partial charge in [0.05, 0.1) is 6.26 Å². The van der Waals surface area contributed by atoms with Crippen LogP contribution >= 0.6 is 0 Å². The van der Waals surface area contributed by atoms with Crippen LogP contribution in [0, 0.1) is 0 Å². The van der Waals surface area contributed by atoms with Gasteiger partial charge in [0, 0.05) is 52.4 Å². The highest BCUT2D eigenvalue weighted by atomic mass is 16.3. The third-order valence-corrected chi connectivity index (χ3v) is 4.90. The van der Waals surface area contributed by atoms with Gasteiger partial charge in [0.1, 0.15) is 0 Å². The van der Waals surface area contributed by atoms with Gasteiger partial charge in [0.15, 0.2) is 11.7 Å². The fourth-order valence-corrected chi connectivity index (χ4v) is 2.89. The van der Waals surface area contributed by atoms with Gasteiger partial charge >= 0.3 is 0 Å². The van der Waals surface area contributed by atoms with Crippen molar-refractivity contribution in [3.63, 3.8) is 0 Å². The largest absolute Gasteiger partial charge is 0.459 e. The maximum absolute atomic E-state index is 12.3. The minimum atomic E-state index is -0.0391. The number of guanidine groups is 1. The summed E-state index contributed by atoms with van der Waals surface area (Å²) < 4.78 is 5.20. The van der Waals surface area contributed by atoms with Crippen LogP contribution in [0.25, 0.3) is 0 Å². The number of furan rings is 1. The van der Waals surface area contributed by atoms with Crippen LogP contribution in [0.15, 0.2) is 27.8 Å². The number of amides is 1. The van der Waals surface area contributed by atoms with E-state index >= 15 is 0 Å². The first kappa shape index (κ1) is 19.3. The molecular weight excluding hydrogens is 318 g/mol. The molecule has 2 rings (SSSR count).